The van der Waals surface area contributed by atoms with Crippen LogP contribution < -0.4 is 14.8 Å². The second-order valence-corrected chi connectivity index (χ2v) is 8.36. The molecule has 0 fully saturated rings. The molecule has 0 saturated heterocycles. The van der Waals surface area contributed by atoms with E-state index in [-0.39, 0.29) is 5.91 Å². The van der Waals surface area contributed by atoms with Crippen molar-refractivity contribution in [2.45, 2.75) is 12.8 Å². The Morgan fingerprint density at radius 1 is 1.09 bits per heavy atom. The summed E-state index contributed by atoms with van der Waals surface area (Å²) in [4.78, 5) is 12.6. The lowest BCUT2D eigenvalue weighted by Gasteiger charge is -2.19. The van der Waals surface area contributed by atoms with Crippen molar-refractivity contribution < 1.29 is 14.3 Å². The predicted molar refractivity (Wildman–Crippen MR) is 125 cm³/mol. The molecule has 5 rings (SSSR count). The molecule has 1 aliphatic heterocycles. The molecule has 1 amide bonds. The molecule has 162 valence electrons. The van der Waals surface area contributed by atoms with Crippen LogP contribution in [0.1, 0.15) is 27.9 Å². The lowest BCUT2D eigenvalue weighted by atomic mass is 10.0. The number of nitrogens with zero attached hydrogens (tertiary/aromatic N) is 3. The highest BCUT2D eigenvalue weighted by Gasteiger charge is 2.16. The van der Waals surface area contributed by atoms with Crippen LogP contribution in [0.4, 0.5) is 5.13 Å². The standard InChI is InChI=1S/C25H18N4O3S/c26-15-19-13-18-7-4-12-31-21(18)14-22(19)32-20-10-8-16(9-11-20)23(30)27-25-29-28-24(33-25)17-5-2-1-3-6-17/h1-3,5-6,8-11,13-14H,4,7,12H2,(H,27,29,30). The number of aromatic nitrogens is 2. The molecular weight excluding hydrogens is 436 g/mol. The Labute approximate surface area is 194 Å². The Bertz CT molecular complexity index is 1340. The zero-order valence-electron chi connectivity index (χ0n) is 17.4. The highest BCUT2D eigenvalue weighted by molar-refractivity contribution is 7.18. The summed E-state index contributed by atoms with van der Waals surface area (Å²) in [6, 6.07) is 22.1. The Morgan fingerprint density at radius 3 is 2.70 bits per heavy atom. The van der Waals surface area contributed by atoms with E-state index in [1.165, 1.54) is 11.3 Å². The van der Waals surface area contributed by atoms with Crippen LogP contribution in [-0.2, 0) is 6.42 Å². The average Bonchev–Trinajstić information content (AvgIpc) is 3.33. The van der Waals surface area contributed by atoms with Crippen LogP contribution in [0.2, 0.25) is 0 Å². The van der Waals surface area contributed by atoms with Crippen molar-refractivity contribution in [3.63, 3.8) is 0 Å². The molecule has 7 nitrogen and oxygen atoms in total. The van der Waals surface area contributed by atoms with Gasteiger partial charge in [0.05, 0.1) is 12.2 Å². The number of aryl methyl sites for hydroxylation is 1. The number of hydrogen-bond acceptors (Lipinski definition) is 7. The number of hydrogen-bond donors (Lipinski definition) is 1. The van der Waals surface area contributed by atoms with E-state index in [0.29, 0.717) is 34.4 Å². The molecular formula is C25H18N4O3S. The highest BCUT2D eigenvalue weighted by Crippen LogP contribution is 2.35. The lowest BCUT2D eigenvalue weighted by Crippen LogP contribution is -2.11. The Morgan fingerprint density at radius 2 is 1.91 bits per heavy atom. The van der Waals surface area contributed by atoms with Crippen LogP contribution in [-0.4, -0.2) is 22.7 Å². The summed E-state index contributed by atoms with van der Waals surface area (Å²) in [5, 5.41) is 21.6. The van der Waals surface area contributed by atoms with Gasteiger partial charge in [-0.05, 0) is 48.7 Å². The molecule has 4 aromatic rings. The minimum absolute atomic E-state index is 0.294. The van der Waals surface area contributed by atoms with Crippen LogP contribution >= 0.6 is 11.3 Å². The molecule has 0 saturated carbocycles. The van der Waals surface area contributed by atoms with Crippen LogP contribution in [0.15, 0.2) is 66.7 Å². The van der Waals surface area contributed by atoms with Gasteiger partial charge in [0.1, 0.15) is 28.3 Å². The van der Waals surface area contributed by atoms with E-state index < -0.39 is 0 Å². The van der Waals surface area contributed by atoms with Crippen molar-refractivity contribution >= 4 is 22.4 Å². The summed E-state index contributed by atoms with van der Waals surface area (Å²) in [7, 11) is 0. The molecule has 1 aromatic heterocycles. The van der Waals surface area contributed by atoms with E-state index in [2.05, 4.69) is 21.6 Å². The van der Waals surface area contributed by atoms with E-state index in [9.17, 15) is 10.1 Å². The highest BCUT2D eigenvalue weighted by atomic mass is 32.1. The fraction of sp³-hybridized carbons (Fsp3) is 0.120. The van der Waals surface area contributed by atoms with Gasteiger partial charge in [0.15, 0.2) is 0 Å². The smallest absolute Gasteiger partial charge is 0.257 e. The third-order valence-electron chi connectivity index (χ3n) is 5.14. The lowest BCUT2D eigenvalue weighted by molar-refractivity contribution is 0.102. The summed E-state index contributed by atoms with van der Waals surface area (Å²) in [6.07, 6.45) is 1.82. The topological polar surface area (TPSA) is 97.1 Å². The molecule has 0 spiro atoms. The minimum atomic E-state index is -0.294. The number of benzene rings is 3. The molecule has 0 radical (unpaired) electrons. The first-order valence-corrected chi connectivity index (χ1v) is 11.2. The molecule has 33 heavy (non-hydrogen) atoms. The number of carbonyl (C=O) groups is 1. The molecule has 1 aliphatic rings. The van der Waals surface area contributed by atoms with Gasteiger partial charge in [-0.25, -0.2) is 0 Å². The molecule has 3 aromatic carbocycles. The number of nitriles is 1. The van der Waals surface area contributed by atoms with Crippen LogP contribution in [0.5, 0.6) is 17.2 Å². The van der Waals surface area contributed by atoms with Crippen molar-refractivity contribution in [1.29, 1.82) is 5.26 Å². The largest absolute Gasteiger partial charge is 0.493 e. The summed E-state index contributed by atoms with van der Waals surface area (Å²) < 4.78 is 11.6. The van der Waals surface area contributed by atoms with Crippen molar-refractivity contribution in [2.75, 3.05) is 11.9 Å². The summed E-state index contributed by atoms with van der Waals surface area (Å²) in [5.41, 5.74) is 2.87. The zero-order chi connectivity index (χ0) is 22.6. The molecule has 0 bridgehead atoms. The first-order valence-electron chi connectivity index (χ1n) is 10.4. The van der Waals surface area contributed by atoms with Gasteiger partial charge in [-0.2, -0.15) is 5.26 Å². The van der Waals surface area contributed by atoms with Crippen LogP contribution in [0.3, 0.4) is 0 Å². The third-order valence-corrected chi connectivity index (χ3v) is 6.03. The summed E-state index contributed by atoms with van der Waals surface area (Å²) in [5.74, 6) is 1.40. The minimum Gasteiger partial charge on any atom is -0.493 e. The Hall–Kier alpha value is -4.22. The van der Waals surface area contributed by atoms with Crippen molar-refractivity contribution in [3.05, 3.63) is 83.4 Å². The molecule has 2 heterocycles. The Balaban J connectivity index is 1.28. The van der Waals surface area contributed by atoms with Crippen molar-refractivity contribution in [3.8, 4) is 33.9 Å². The number of carbonyl (C=O) groups excluding carboxylic acids is 1. The summed E-state index contributed by atoms with van der Waals surface area (Å²) in [6.45, 7) is 0.656. The quantitative estimate of drug-likeness (QED) is 0.431. The number of ether oxygens (including phenoxy) is 2. The van der Waals surface area contributed by atoms with Gasteiger partial charge in [0, 0.05) is 17.2 Å². The van der Waals surface area contributed by atoms with Gasteiger partial charge < -0.3 is 9.47 Å². The maximum absolute atomic E-state index is 12.6. The number of amides is 1. The normalized spacial score (nSPS) is 12.2. The SMILES string of the molecule is N#Cc1cc2c(cc1Oc1ccc(C(=O)Nc3nnc(-c4ccccc4)s3)cc1)OCCC2. The van der Waals surface area contributed by atoms with Crippen LogP contribution in [0, 0.1) is 11.3 Å². The molecule has 1 N–H and O–H groups in total. The fourth-order valence-corrected chi connectivity index (χ4v) is 4.24. The van der Waals surface area contributed by atoms with Gasteiger partial charge in [-0.15, -0.1) is 10.2 Å². The first kappa shape index (κ1) is 20.7. The third kappa shape index (κ3) is 4.54. The van der Waals surface area contributed by atoms with Crippen molar-refractivity contribution in [1.82, 2.24) is 10.2 Å². The van der Waals surface area contributed by atoms with E-state index >= 15 is 0 Å². The fourth-order valence-electron chi connectivity index (χ4n) is 3.49. The average molecular weight is 455 g/mol. The monoisotopic (exact) mass is 454 g/mol. The van der Waals surface area contributed by atoms with Crippen molar-refractivity contribution in [2.24, 2.45) is 0 Å². The van der Waals surface area contributed by atoms with Gasteiger partial charge in [-0.3, -0.25) is 10.1 Å². The maximum atomic E-state index is 12.6. The first-order chi connectivity index (χ1) is 16.2. The number of nitrogens with one attached hydrogen (secondary N) is 1. The van der Waals surface area contributed by atoms with Gasteiger partial charge >= 0.3 is 0 Å². The van der Waals surface area contributed by atoms with Gasteiger partial charge in [0.25, 0.3) is 5.91 Å². The number of fused-ring (bicyclic) bond motifs is 1. The molecule has 0 atom stereocenters. The van der Waals surface area contributed by atoms with Gasteiger partial charge in [0.2, 0.25) is 5.13 Å². The van der Waals surface area contributed by atoms with E-state index in [1.54, 1.807) is 30.3 Å². The number of rotatable bonds is 5. The van der Waals surface area contributed by atoms with E-state index in [0.717, 1.165) is 34.7 Å². The zero-order valence-corrected chi connectivity index (χ0v) is 18.3. The molecule has 0 unspecified atom stereocenters. The van der Waals surface area contributed by atoms with Gasteiger partial charge in [-0.1, -0.05) is 41.7 Å². The molecule has 0 aliphatic carbocycles. The van der Waals surface area contributed by atoms with E-state index in [4.69, 9.17) is 9.47 Å². The second kappa shape index (κ2) is 9.10. The maximum Gasteiger partial charge on any atom is 0.257 e. The second-order valence-electron chi connectivity index (χ2n) is 7.38. The number of anilines is 1. The Kier molecular flexibility index (Phi) is 5.70. The van der Waals surface area contributed by atoms with E-state index in [1.807, 2.05) is 36.4 Å². The predicted octanol–water partition coefficient (Wildman–Crippen LogP) is 5.45. The van der Waals surface area contributed by atoms with Crippen LogP contribution in [0.25, 0.3) is 10.6 Å². The molecule has 8 heteroatoms. The summed E-state index contributed by atoms with van der Waals surface area (Å²) >= 11 is 1.31.